The fourth-order valence-electron chi connectivity index (χ4n) is 4.34. The number of halogens is 2. The van der Waals surface area contributed by atoms with Crippen LogP contribution in [0.1, 0.15) is 27.8 Å². The van der Waals surface area contributed by atoms with Gasteiger partial charge in [-0.2, -0.15) is 0 Å². The second-order valence-corrected chi connectivity index (χ2v) is 8.09. The van der Waals surface area contributed by atoms with E-state index in [-0.39, 0.29) is 18.0 Å². The zero-order valence-electron chi connectivity index (χ0n) is 17.7. The minimum absolute atomic E-state index is 0.108. The number of fused-ring (bicyclic) bond motifs is 2. The monoisotopic (exact) mass is 433 g/mol. The van der Waals surface area contributed by atoms with Crippen molar-refractivity contribution in [1.29, 1.82) is 0 Å². The normalized spacial score (nSPS) is 13.2. The lowest BCUT2D eigenvalue weighted by molar-refractivity contribution is 0.285. The summed E-state index contributed by atoms with van der Waals surface area (Å²) >= 11 is 0. The Balaban J connectivity index is 1.59. The fraction of sp³-hybridized carbons (Fsp3) is 0.192. The van der Waals surface area contributed by atoms with E-state index in [1.807, 2.05) is 50.2 Å². The van der Waals surface area contributed by atoms with Gasteiger partial charge in [0.1, 0.15) is 23.0 Å². The molecule has 0 bridgehead atoms. The number of hydrogen-bond acceptors (Lipinski definition) is 4. The molecule has 0 aliphatic carbocycles. The lowest BCUT2D eigenvalue weighted by Gasteiger charge is -2.32. The maximum Gasteiger partial charge on any atom is 0.340 e. The smallest absolute Gasteiger partial charge is 0.340 e. The van der Waals surface area contributed by atoms with Crippen LogP contribution < -0.4 is 15.3 Å². The van der Waals surface area contributed by atoms with Gasteiger partial charge >= 0.3 is 5.63 Å². The third-order valence-corrected chi connectivity index (χ3v) is 6.03. The van der Waals surface area contributed by atoms with E-state index in [2.05, 4.69) is 0 Å². The van der Waals surface area contributed by atoms with Gasteiger partial charge in [-0.25, -0.2) is 13.6 Å². The van der Waals surface area contributed by atoms with Crippen molar-refractivity contribution in [1.82, 2.24) is 0 Å². The Morgan fingerprint density at radius 2 is 1.78 bits per heavy atom. The SMILES string of the molecule is Cc1c(Cc2ccccc2)c(=O)oc2c(C)c3c(cc12)CN(c1ccc(F)cc1F)CO3. The molecule has 0 atom stereocenters. The molecule has 0 saturated heterocycles. The largest absolute Gasteiger partial charge is 0.472 e. The summed E-state index contributed by atoms with van der Waals surface area (Å²) in [7, 11) is 0. The average molecular weight is 433 g/mol. The highest BCUT2D eigenvalue weighted by Gasteiger charge is 2.25. The van der Waals surface area contributed by atoms with E-state index in [1.165, 1.54) is 12.1 Å². The van der Waals surface area contributed by atoms with Gasteiger partial charge in [0.25, 0.3) is 0 Å². The molecule has 0 fully saturated rings. The molecule has 32 heavy (non-hydrogen) atoms. The van der Waals surface area contributed by atoms with Crippen LogP contribution in [0.4, 0.5) is 14.5 Å². The molecule has 0 saturated carbocycles. The highest BCUT2D eigenvalue weighted by Crippen LogP contribution is 2.38. The average Bonchev–Trinajstić information content (AvgIpc) is 2.78. The standard InChI is InChI=1S/C26H21F2NO3/c1-15-20-11-18-13-29(23-9-8-19(27)12-22(23)28)14-31-24(18)16(2)25(20)32-26(30)21(15)10-17-6-4-3-5-7-17/h3-9,11-12H,10,13-14H2,1-2H3. The number of ether oxygens (including phenoxy) is 1. The number of hydrogen-bond donors (Lipinski definition) is 0. The van der Waals surface area contributed by atoms with Crippen molar-refractivity contribution in [2.24, 2.45) is 0 Å². The summed E-state index contributed by atoms with van der Waals surface area (Å²) in [6.45, 7) is 4.28. The molecule has 0 amide bonds. The Kier molecular flexibility index (Phi) is 4.93. The molecule has 0 spiro atoms. The second-order valence-electron chi connectivity index (χ2n) is 8.09. The summed E-state index contributed by atoms with van der Waals surface area (Å²) < 4.78 is 39.3. The molecule has 0 unspecified atom stereocenters. The third-order valence-electron chi connectivity index (χ3n) is 6.03. The first-order valence-electron chi connectivity index (χ1n) is 10.4. The van der Waals surface area contributed by atoms with Crippen molar-refractivity contribution >= 4 is 16.7 Å². The van der Waals surface area contributed by atoms with Crippen LogP contribution >= 0.6 is 0 Å². The van der Waals surface area contributed by atoms with Gasteiger partial charge in [0.2, 0.25) is 0 Å². The highest BCUT2D eigenvalue weighted by molar-refractivity contribution is 5.87. The highest BCUT2D eigenvalue weighted by atomic mass is 19.1. The van der Waals surface area contributed by atoms with Crippen molar-refractivity contribution in [2.75, 3.05) is 11.6 Å². The van der Waals surface area contributed by atoms with Crippen LogP contribution in [0.3, 0.4) is 0 Å². The quantitative estimate of drug-likeness (QED) is 0.393. The van der Waals surface area contributed by atoms with Gasteiger partial charge in [-0.15, -0.1) is 0 Å². The van der Waals surface area contributed by atoms with Crippen molar-refractivity contribution in [2.45, 2.75) is 26.8 Å². The number of aryl methyl sites for hydroxylation is 2. The first kappa shape index (κ1) is 20.2. The minimum atomic E-state index is -0.637. The van der Waals surface area contributed by atoms with Gasteiger partial charge in [-0.3, -0.25) is 0 Å². The van der Waals surface area contributed by atoms with E-state index >= 15 is 0 Å². The van der Waals surface area contributed by atoms with Crippen molar-refractivity contribution in [3.05, 3.63) is 104 Å². The molecule has 1 aromatic heterocycles. The molecular weight excluding hydrogens is 412 g/mol. The summed E-state index contributed by atoms with van der Waals surface area (Å²) in [5.41, 5.74) is 4.51. The molecule has 1 aliphatic heterocycles. The first-order chi connectivity index (χ1) is 15.4. The zero-order valence-corrected chi connectivity index (χ0v) is 17.7. The summed E-state index contributed by atoms with van der Waals surface area (Å²) in [5, 5.41) is 0.830. The Hall–Kier alpha value is -3.67. The van der Waals surface area contributed by atoms with E-state index in [0.29, 0.717) is 29.9 Å². The number of nitrogens with zero attached hydrogens (tertiary/aromatic N) is 1. The molecule has 2 heterocycles. The Morgan fingerprint density at radius 1 is 1.00 bits per heavy atom. The number of rotatable bonds is 3. The second kappa shape index (κ2) is 7.79. The van der Waals surface area contributed by atoms with Crippen molar-refractivity contribution < 1.29 is 17.9 Å². The molecule has 0 radical (unpaired) electrons. The Bertz CT molecular complexity index is 1400. The van der Waals surface area contributed by atoms with Gasteiger partial charge in [0.15, 0.2) is 6.73 Å². The van der Waals surface area contributed by atoms with E-state index in [4.69, 9.17) is 9.15 Å². The van der Waals surface area contributed by atoms with Gasteiger partial charge in [-0.05, 0) is 43.2 Å². The third kappa shape index (κ3) is 3.42. The van der Waals surface area contributed by atoms with Crippen LogP contribution in [-0.4, -0.2) is 6.73 Å². The maximum absolute atomic E-state index is 14.3. The van der Waals surface area contributed by atoms with Crippen LogP contribution in [0.5, 0.6) is 5.75 Å². The van der Waals surface area contributed by atoms with E-state index < -0.39 is 11.6 Å². The van der Waals surface area contributed by atoms with Crippen LogP contribution in [0, 0.1) is 25.5 Å². The van der Waals surface area contributed by atoms with Crippen LogP contribution in [0.2, 0.25) is 0 Å². The lowest BCUT2D eigenvalue weighted by atomic mass is 9.96. The molecule has 0 N–H and O–H groups in total. The molecule has 4 nitrogen and oxygen atoms in total. The van der Waals surface area contributed by atoms with E-state index in [9.17, 15) is 13.6 Å². The Morgan fingerprint density at radius 3 is 2.53 bits per heavy atom. The predicted octanol–water partition coefficient (Wildman–Crippen LogP) is 5.64. The van der Waals surface area contributed by atoms with Gasteiger partial charge in [-0.1, -0.05) is 30.3 Å². The molecular formula is C26H21F2NO3. The summed E-state index contributed by atoms with van der Waals surface area (Å²) in [5.74, 6) is -0.625. The molecule has 162 valence electrons. The van der Waals surface area contributed by atoms with Crippen LogP contribution in [0.25, 0.3) is 11.0 Å². The molecule has 5 rings (SSSR count). The topological polar surface area (TPSA) is 42.7 Å². The molecule has 6 heteroatoms. The van der Waals surface area contributed by atoms with Crippen LogP contribution in [-0.2, 0) is 13.0 Å². The first-order valence-corrected chi connectivity index (χ1v) is 10.4. The molecule has 1 aliphatic rings. The lowest BCUT2D eigenvalue weighted by Crippen LogP contribution is -2.33. The van der Waals surface area contributed by atoms with Gasteiger partial charge < -0.3 is 14.1 Å². The summed E-state index contributed by atoms with van der Waals surface area (Å²) in [6, 6.07) is 15.2. The molecule has 3 aromatic carbocycles. The van der Waals surface area contributed by atoms with Crippen molar-refractivity contribution in [3.63, 3.8) is 0 Å². The van der Waals surface area contributed by atoms with Crippen LogP contribution in [0.15, 0.2) is 63.8 Å². The predicted molar refractivity (Wildman–Crippen MR) is 119 cm³/mol. The fourth-order valence-corrected chi connectivity index (χ4v) is 4.34. The minimum Gasteiger partial charge on any atom is -0.472 e. The van der Waals surface area contributed by atoms with Crippen molar-refractivity contribution in [3.8, 4) is 5.75 Å². The molecule has 4 aromatic rings. The van der Waals surface area contributed by atoms with Gasteiger partial charge in [0, 0.05) is 41.1 Å². The Labute approximate surface area is 183 Å². The number of anilines is 1. The zero-order chi connectivity index (χ0) is 22.4. The summed E-state index contributed by atoms with van der Waals surface area (Å²) in [6.07, 6.45) is 0.477. The van der Waals surface area contributed by atoms with E-state index in [0.717, 1.165) is 33.7 Å². The van der Waals surface area contributed by atoms with E-state index in [1.54, 1.807) is 4.90 Å². The maximum atomic E-state index is 14.3. The number of benzene rings is 3. The summed E-state index contributed by atoms with van der Waals surface area (Å²) in [4.78, 5) is 14.5. The van der Waals surface area contributed by atoms with Gasteiger partial charge in [0.05, 0.1) is 5.69 Å².